The van der Waals surface area contributed by atoms with E-state index >= 15 is 0 Å². The molecule has 0 saturated heterocycles. The van der Waals surface area contributed by atoms with Crippen LogP contribution in [0.5, 0.6) is 46.0 Å². The van der Waals surface area contributed by atoms with Gasteiger partial charge in [0.2, 0.25) is 0 Å². The largest absolute Gasteiger partial charge is 0.488 e. The van der Waals surface area contributed by atoms with Crippen molar-refractivity contribution >= 4 is 103 Å². The van der Waals surface area contributed by atoms with E-state index in [4.69, 9.17) is 58.9 Å². The Morgan fingerprint density at radius 2 is 0.752 bits per heavy atom. The second-order valence-electron chi connectivity index (χ2n) is 26.9. The predicted octanol–water partition coefficient (Wildman–Crippen LogP) is 19.9. The first-order valence-electron chi connectivity index (χ1n) is 39.3. The number of carbonyl (C=O) groups is 5. The predicted molar refractivity (Wildman–Crippen MR) is 488 cm³/mol. The summed E-state index contributed by atoms with van der Waals surface area (Å²) in [7, 11) is -1.44. The van der Waals surface area contributed by atoms with Gasteiger partial charge in [-0.25, -0.2) is 9.59 Å². The lowest BCUT2D eigenvalue weighted by atomic mass is 9.80. The maximum Gasteiger partial charge on any atom is 0.488 e. The first-order chi connectivity index (χ1) is 60.6. The molecule has 0 saturated carbocycles. The zero-order valence-corrected chi connectivity index (χ0v) is 70.2. The molecular formula is C97H91BBrN7O19. The van der Waals surface area contributed by atoms with Crippen LogP contribution in [0.1, 0.15) is 38.8 Å². The highest BCUT2D eigenvalue weighted by molar-refractivity contribution is 9.10. The molecule has 125 heavy (non-hydrogen) atoms. The summed E-state index contributed by atoms with van der Waals surface area (Å²) in [5, 5.41) is 50.6. The lowest BCUT2D eigenvalue weighted by Crippen LogP contribution is -2.34. The third-order valence-corrected chi connectivity index (χ3v) is 18.6. The number of hydrogen-bond donors (Lipinski definition) is 8. The summed E-state index contributed by atoms with van der Waals surface area (Å²) in [5.41, 5.74) is 18.8. The Labute approximate surface area is 728 Å². The molecule has 28 heteroatoms. The van der Waals surface area contributed by atoms with E-state index < -0.39 is 53.5 Å². The summed E-state index contributed by atoms with van der Waals surface area (Å²) in [6, 6.07) is 95.7. The molecule has 2 unspecified atom stereocenters. The number of nitrogens with one attached hydrogen (secondary N) is 4. The fourth-order valence-corrected chi connectivity index (χ4v) is 12.6. The van der Waals surface area contributed by atoms with Crippen LogP contribution in [0.4, 0.5) is 0 Å². The number of para-hydroxylation sites is 4. The maximum absolute atomic E-state index is 12.0. The molecule has 4 aromatic heterocycles. The van der Waals surface area contributed by atoms with Crippen molar-refractivity contribution in [1.82, 2.24) is 19.9 Å². The number of carboxylic acids is 1. The number of aromatic amines is 4. The van der Waals surface area contributed by atoms with Crippen LogP contribution in [0.2, 0.25) is 0 Å². The van der Waals surface area contributed by atoms with E-state index in [1.807, 2.05) is 238 Å². The Morgan fingerprint density at radius 3 is 1.12 bits per heavy atom. The standard InChI is InChI=1S/C25H22N2O5.C25H24N2O3.C20H15NO.C12H11BO3.C8H6BrN.C4H7NO4.C2H4O2.CH2O/c1-2-31-25(28)24(27(29)30)15-19-16-26-23-13-10-18(14-22(19)23)17-8-11-21(12-9-17)32-20-6-4-3-5-7-20;1-2-29-25(28)23(26)15-19-16-27-24-13-10-18(14-22(19)24)17-8-11-21(12-9-17)30-20-6-4-3-5-7-20;1-2-4-18(5-3-1)22-19-9-6-15(7-10-19)16-8-11-20-17(14-16)12-13-21-20;14-13(15)10-6-8-12(9-7-10)16-11-4-2-1-3-5-11;9-7-1-2-8-6(5-7)3-4-10-8;1-2-9-4(6)3-5(7)8;1-2(3)4;1-2/h3-14,16,24,26H,2,15H2,1H3;3-14,16,23,27H,2,15,26H2,1H3;1-14,21H;1-9,14-15H;1-5,10H;2-3H2,1H3;1H3,(H,3,4);1H2. The van der Waals surface area contributed by atoms with Gasteiger partial charge in [-0.2, -0.15) is 0 Å². The van der Waals surface area contributed by atoms with Gasteiger partial charge in [-0.1, -0.05) is 155 Å². The zero-order chi connectivity index (χ0) is 89.4. The molecule has 12 aromatic carbocycles. The second-order valence-corrected chi connectivity index (χ2v) is 27.9. The van der Waals surface area contributed by atoms with Gasteiger partial charge in [-0.15, -0.1) is 0 Å². The number of benzene rings is 12. The van der Waals surface area contributed by atoms with Gasteiger partial charge < -0.3 is 78.8 Å². The number of rotatable bonds is 24. The number of halogens is 1. The van der Waals surface area contributed by atoms with E-state index in [1.54, 1.807) is 51.2 Å². The minimum atomic E-state index is -1.44. The molecular weight excluding hydrogens is 1660 g/mol. The quantitative estimate of drug-likeness (QED) is 0.00915. The second kappa shape index (κ2) is 48.9. The molecule has 9 N–H and O–H groups in total. The number of hydrogen-bond acceptors (Lipinski definition) is 19. The number of nitrogens with two attached hydrogens (primary N) is 1. The molecule has 26 nitrogen and oxygen atoms in total. The van der Waals surface area contributed by atoms with Crippen molar-refractivity contribution in [2.75, 3.05) is 26.4 Å². The normalized spacial score (nSPS) is 10.7. The van der Waals surface area contributed by atoms with E-state index in [0.717, 1.165) is 107 Å². The number of nitro groups is 2. The summed E-state index contributed by atoms with van der Waals surface area (Å²) in [5.74, 6) is 3.37. The van der Waals surface area contributed by atoms with Gasteiger partial charge >= 0.3 is 31.1 Å². The van der Waals surface area contributed by atoms with Gasteiger partial charge in [0.05, 0.1) is 26.2 Å². The molecule has 0 spiro atoms. The van der Waals surface area contributed by atoms with Gasteiger partial charge in [0.1, 0.15) is 58.8 Å². The monoisotopic (exact) mass is 1750 g/mol. The van der Waals surface area contributed by atoms with Crippen molar-refractivity contribution in [3.63, 3.8) is 0 Å². The first-order valence-corrected chi connectivity index (χ1v) is 40.0. The Kier molecular flexibility index (Phi) is 36.6. The molecule has 0 fully saturated rings. The molecule has 16 aromatic rings. The Balaban J connectivity index is 0.000000176. The number of carboxylic acid groups (broad SMARTS) is 1. The van der Waals surface area contributed by atoms with Crippen molar-refractivity contribution in [3.8, 4) is 79.4 Å². The van der Waals surface area contributed by atoms with Crippen molar-refractivity contribution in [3.05, 3.63) is 364 Å². The zero-order valence-electron chi connectivity index (χ0n) is 68.6. The minimum absolute atomic E-state index is 0.0425. The fraction of sp³-hybridized carbons (Fsp3) is 0.124. The highest BCUT2D eigenvalue weighted by atomic mass is 79.9. The highest BCUT2D eigenvalue weighted by Crippen LogP contribution is 2.34. The smallest absolute Gasteiger partial charge is 0.481 e. The van der Waals surface area contributed by atoms with Crippen molar-refractivity contribution in [2.24, 2.45) is 5.73 Å². The molecule has 4 heterocycles. The number of aliphatic carboxylic acids is 1. The van der Waals surface area contributed by atoms with Gasteiger partial charge in [-0.3, -0.25) is 29.8 Å². The van der Waals surface area contributed by atoms with Gasteiger partial charge in [0.25, 0.3) is 12.5 Å². The maximum atomic E-state index is 12.0. The van der Waals surface area contributed by atoms with E-state index in [2.05, 4.69) is 107 Å². The topological polar surface area (TPSA) is 386 Å². The van der Waals surface area contributed by atoms with Gasteiger partial charge in [0.15, 0.2) is 0 Å². The molecule has 0 aliphatic heterocycles. The minimum Gasteiger partial charge on any atom is -0.481 e. The van der Waals surface area contributed by atoms with Gasteiger partial charge in [-0.05, 0) is 240 Å². The summed E-state index contributed by atoms with van der Waals surface area (Å²) in [6.07, 6.45) is 7.90. The summed E-state index contributed by atoms with van der Waals surface area (Å²) < 4.78 is 38.4. The summed E-state index contributed by atoms with van der Waals surface area (Å²) in [4.78, 5) is 83.5. The Hall–Kier alpha value is -15.2. The molecule has 0 aliphatic rings. The lowest BCUT2D eigenvalue weighted by Gasteiger charge is -2.10. The fourth-order valence-electron chi connectivity index (χ4n) is 12.2. The van der Waals surface area contributed by atoms with Crippen LogP contribution in [0.3, 0.4) is 0 Å². The molecule has 0 amide bonds. The van der Waals surface area contributed by atoms with Gasteiger partial charge in [0, 0.05) is 90.7 Å². The van der Waals surface area contributed by atoms with E-state index in [-0.39, 0.29) is 25.6 Å². The average Bonchev–Trinajstić information content (AvgIpc) is 1.68. The van der Waals surface area contributed by atoms with Crippen molar-refractivity contribution in [1.29, 1.82) is 0 Å². The van der Waals surface area contributed by atoms with Crippen molar-refractivity contribution < 1.29 is 82.1 Å². The lowest BCUT2D eigenvalue weighted by molar-refractivity contribution is -0.510. The van der Waals surface area contributed by atoms with E-state index in [1.165, 1.54) is 27.4 Å². The van der Waals surface area contributed by atoms with E-state index in [0.29, 0.717) is 29.8 Å². The molecule has 0 bridgehead atoms. The van der Waals surface area contributed by atoms with Crippen LogP contribution in [-0.4, -0.2) is 121 Å². The number of esters is 3. The summed E-state index contributed by atoms with van der Waals surface area (Å²) in [6.45, 7) is 7.96. The highest BCUT2D eigenvalue weighted by Gasteiger charge is 2.32. The molecule has 16 rings (SSSR count). The number of aromatic nitrogens is 4. The summed E-state index contributed by atoms with van der Waals surface area (Å²) >= 11 is 3.40. The SMILES string of the molecule is Brc1ccc2[nH]ccc2c1.C=O.CC(=O)O.CCOC(=O)C(Cc1c[nH]c2ccc(-c3ccc(Oc4ccccc4)cc3)cc12)[N+](=O)[O-].CCOC(=O)C(N)Cc1c[nH]c2ccc(-c3ccc(Oc4ccccc4)cc3)cc12.CCOC(=O)C[N+](=O)[O-].OB(O)c1ccc(Oc2ccccc2)cc1.c1ccc(Oc2ccc(-c3ccc4[nH]ccc4c3)cc2)cc1. The van der Waals surface area contributed by atoms with Crippen LogP contribution < -0.4 is 30.1 Å². The first kappa shape index (κ1) is 93.6. The number of ether oxygens (including phenoxy) is 7. The van der Waals surface area contributed by atoms with Crippen LogP contribution in [0.15, 0.2) is 333 Å². The number of nitrogens with zero attached hydrogens (tertiary/aromatic N) is 2. The van der Waals surface area contributed by atoms with Crippen LogP contribution >= 0.6 is 15.9 Å². The van der Waals surface area contributed by atoms with E-state index in [9.17, 15) is 34.6 Å². The van der Waals surface area contributed by atoms with Crippen LogP contribution in [-0.2, 0) is 51.0 Å². The number of carbonyl (C=O) groups excluding carboxylic acids is 4. The Morgan fingerprint density at radius 1 is 0.424 bits per heavy atom. The molecule has 638 valence electrons. The number of fused-ring (bicyclic) bond motifs is 4. The molecule has 2 atom stereocenters. The number of H-pyrrole nitrogens is 4. The third-order valence-electron chi connectivity index (χ3n) is 18.1. The Bertz CT molecular complexity index is 6060. The average molecular weight is 1750 g/mol. The van der Waals surface area contributed by atoms with Crippen LogP contribution in [0, 0.1) is 20.2 Å². The van der Waals surface area contributed by atoms with Crippen molar-refractivity contribution in [2.45, 2.75) is 52.6 Å². The van der Waals surface area contributed by atoms with Crippen LogP contribution in [0.25, 0.3) is 77.0 Å². The third kappa shape index (κ3) is 29.9. The molecule has 0 radical (unpaired) electrons. The molecule has 0 aliphatic carbocycles.